The molecule has 0 fully saturated rings. The molecular formula is C12H11ClF3N3S. The van der Waals surface area contributed by atoms with E-state index in [1.165, 1.54) is 17.4 Å². The van der Waals surface area contributed by atoms with Gasteiger partial charge in [-0.2, -0.15) is 13.2 Å². The molecule has 0 radical (unpaired) electrons. The first-order chi connectivity index (χ1) is 9.40. The number of thiophene rings is 1. The highest BCUT2D eigenvalue weighted by Gasteiger charge is 2.35. The normalized spacial score (nSPS) is 11.7. The van der Waals surface area contributed by atoms with Crippen molar-refractivity contribution in [3.05, 3.63) is 39.4 Å². The molecule has 2 aromatic rings. The van der Waals surface area contributed by atoms with E-state index in [-0.39, 0.29) is 11.0 Å². The summed E-state index contributed by atoms with van der Waals surface area (Å²) in [4.78, 5) is 9.54. The molecule has 0 unspecified atom stereocenters. The largest absolute Gasteiger partial charge is 0.451 e. The maximum absolute atomic E-state index is 12.7. The van der Waals surface area contributed by atoms with Crippen molar-refractivity contribution in [2.75, 3.05) is 11.4 Å². The quantitative estimate of drug-likeness (QED) is 0.789. The van der Waals surface area contributed by atoms with Crippen LogP contribution in [0.4, 0.5) is 19.0 Å². The summed E-state index contributed by atoms with van der Waals surface area (Å²) in [6, 6.07) is 5.15. The minimum Gasteiger partial charge on any atom is -0.352 e. The predicted octanol–water partition coefficient (Wildman–Crippen LogP) is 4.24. The zero-order valence-corrected chi connectivity index (χ0v) is 12.1. The Morgan fingerprint density at radius 1 is 1.35 bits per heavy atom. The minimum atomic E-state index is -4.61. The fourth-order valence-electron chi connectivity index (χ4n) is 1.64. The number of alkyl halides is 3. The molecule has 8 heteroatoms. The summed E-state index contributed by atoms with van der Waals surface area (Å²) in [5.41, 5.74) is 0. The van der Waals surface area contributed by atoms with Gasteiger partial charge in [0.2, 0.25) is 5.82 Å². The lowest BCUT2D eigenvalue weighted by Crippen LogP contribution is -2.24. The second-order valence-corrected chi connectivity index (χ2v) is 5.38. The van der Waals surface area contributed by atoms with E-state index in [1.807, 2.05) is 24.4 Å². The molecular weight excluding hydrogens is 311 g/mol. The standard InChI is InChI=1S/C12H11ClF3N3S/c1-2-19(7-8-4-3-5-20-8)10-6-9(13)17-11(18-10)12(14,15)16/h3-6H,2,7H2,1H3. The van der Waals surface area contributed by atoms with Crippen molar-refractivity contribution in [3.8, 4) is 0 Å². The third kappa shape index (κ3) is 3.61. The first-order valence-electron chi connectivity index (χ1n) is 5.79. The molecule has 0 aliphatic carbocycles. The number of hydrogen-bond donors (Lipinski definition) is 0. The molecule has 2 heterocycles. The van der Waals surface area contributed by atoms with Gasteiger partial charge in [-0.15, -0.1) is 11.3 Å². The van der Waals surface area contributed by atoms with Gasteiger partial charge in [-0.3, -0.25) is 0 Å². The van der Waals surface area contributed by atoms with E-state index in [9.17, 15) is 13.2 Å². The highest BCUT2D eigenvalue weighted by molar-refractivity contribution is 7.09. The van der Waals surface area contributed by atoms with Gasteiger partial charge in [-0.25, -0.2) is 9.97 Å². The molecule has 0 saturated heterocycles. The summed E-state index contributed by atoms with van der Waals surface area (Å²) in [5, 5.41) is 1.70. The van der Waals surface area contributed by atoms with E-state index in [4.69, 9.17) is 11.6 Å². The Kier molecular flexibility index (Phi) is 4.49. The van der Waals surface area contributed by atoms with Gasteiger partial charge in [0.05, 0.1) is 6.54 Å². The molecule has 0 saturated carbocycles. The summed E-state index contributed by atoms with van der Waals surface area (Å²) in [6.07, 6.45) is -4.61. The highest BCUT2D eigenvalue weighted by atomic mass is 35.5. The molecule has 0 aliphatic heterocycles. The van der Waals surface area contributed by atoms with Crippen LogP contribution in [0.2, 0.25) is 5.15 Å². The van der Waals surface area contributed by atoms with Gasteiger partial charge < -0.3 is 4.90 Å². The molecule has 0 N–H and O–H groups in total. The van der Waals surface area contributed by atoms with Crippen molar-refractivity contribution >= 4 is 28.8 Å². The summed E-state index contributed by atoms with van der Waals surface area (Å²) in [6.45, 7) is 2.85. The molecule has 0 spiro atoms. The molecule has 20 heavy (non-hydrogen) atoms. The van der Waals surface area contributed by atoms with Crippen LogP contribution in [0.3, 0.4) is 0 Å². The van der Waals surface area contributed by atoms with Crippen LogP contribution in [-0.4, -0.2) is 16.5 Å². The second kappa shape index (κ2) is 5.97. The van der Waals surface area contributed by atoms with Crippen LogP contribution in [0.15, 0.2) is 23.6 Å². The topological polar surface area (TPSA) is 29.0 Å². The van der Waals surface area contributed by atoms with Gasteiger partial charge in [-0.05, 0) is 18.4 Å². The second-order valence-electron chi connectivity index (χ2n) is 3.96. The molecule has 2 aromatic heterocycles. The first-order valence-corrected chi connectivity index (χ1v) is 7.05. The van der Waals surface area contributed by atoms with Crippen LogP contribution in [0.1, 0.15) is 17.6 Å². The average molecular weight is 322 g/mol. The summed E-state index contributed by atoms with van der Waals surface area (Å²) >= 11 is 7.20. The van der Waals surface area contributed by atoms with Gasteiger partial charge in [0.15, 0.2) is 0 Å². The molecule has 2 rings (SSSR count). The third-order valence-electron chi connectivity index (χ3n) is 2.57. The van der Waals surface area contributed by atoms with Gasteiger partial charge >= 0.3 is 6.18 Å². The Morgan fingerprint density at radius 3 is 2.65 bits per heavy atom. The highest BCUT2D eigenvalue weighted by Crippen LogP contribution is 2.29. The summed E-state index contributed by atoms with van der Waals surface area (Å²) in [5.74, 6) is -1.04. The maximum Gasteiger partial charge on any atom is 0.451 e. The van der Waals surface area contributed by atoms with Crippen LogP contribution in [0, 0.1) is 0 Å². The van der Waals surface area contributed by atoms with E-state index < -0.39 is 12.0 Å². The van der Waals surface area contributed by atoms with Crippen LogP contribution >= 0.6 is 22.9 Å². The number of aromatic nitrogens is 2. The van der Waals surface area contributed by atoms with Gasteiger partial charge in [0.25, 0.3) is 0 Å². The zero-order valence-electron chi connectivity index (χ0n) is 10.5. The zero-order chi connectivity index (χ0) is 14.8. The lowest BCUT2D eigenvalue weighted by Gasteiger charge is -2.22. The van der Waals surface area contributed by atoms with Crippen molar-refractivity contribution in [2.45, 2.75) is 19.6 Å². The summed E-state index contributed by atoms with van der Waals surface area (Å²) in [7, 11) is 0. The SMILES string of the molecule is CCN(Cc1cccs1)c1cc(Cl)nc(C(F)(F)F)n1. The van der Waals surface area contributed by atoms with Crippen molar-refractivity contribution in [1.29, 1.82) is 0 Å². The number of halogens is 4. The minimum absolute atomic E-state index is 0.174. The molecule has 3 nitrogen and oxygen atoms in total. The van der Waals surface area contributed by atoms with Crippen LogP contribution in [0.5, 0.6) is 0 Å². The third-order valence-corrected chi connectivity index (χ3v) is 3.62. The smallest absolute Gasteiger partial charge is 0.352 e. The van der Waals surface area contributed by atoms with Gasteiger partial charge in [0.1, 0.15) is 11.0 Å². The molecule has 108 valence electrons. The van der Waals surface area contributed by atoms with Crippen LogP contribution in [0.25, 0.3) is 0 Å². The Hall–Kier alpha value is -1.34. The van der Waals surface area contributed by atoms with Crippen LogP contribution in [-0.2, 0) is 12.7 Å². The van der Waals surface area contributed by atoms with Crippen LogP contribution < -0.4 is 4.90 Å². The number of rotatable bonds is 4. The Bertz CT molecular complexity index is 572. The summed E-state index contributed by atoms with van der Waals surface area (Å²) < 4.78 is 38.1. The lowest BCUT2D eigenvalue weighted by molar-refractivity contribution is -0.144. The van der Waals surface area contributed by atoms with E-state index in [1.54, 1.807) is 4.90 Å². The van der Waals surface area contributed by atoms with E-state index in [0.717, 1.165) is 4.88 Å². The molecule has 0 amide bonds. The predicted molar refractivity (Wildman–Crippen MR) is 73.1 cm³/mol. The van der Waals surface area contributed by atoms with E-state index in [0.29, 0.717) is 13.1 Å². The van der Waals surface area contributed by atoms with Crippen molar-refractivity contribution in [3.63, 3.8) is 0 Å². The first kappa shape index (κ1) is 15.1. The molecule has 0 aromatic carbocycles. The Balaban J connectivity index is 2.32. The lowest BCUT2D eigenvalue weighted by atomic mass is 10.4. The number of nitrogens with zero attached hydrogens (tertiary/aromatic N) is 3. The molecule has 0 atom stereocenters. The number of anilines is 1. The molecule has 0 bridgehead atoms. The van der Waals surface area contributed by atoms with E-state index >= 15 is 0 Å². The fourth-order valence-corrected chi connectivity index (χ4v) is 2.54. The maximum atomic E-state index is 12.7. The molecule has 0 aliphatic rings. The average Bonchev–Trinajstić information content (AvgIpc) is 2.87. The fraction of sp³-hybridized carbons (Fsp3) is 0.333. The van der Waals surface area contributed by atoms with E-state index in [2.05, 4.69) is 9.97 Å². The monoisotopic (exact) mass is 321 g/mol. The Labute approximate surface area is 123 Å². The van der Waals surface area contributed by atoms with Crippen molar-refractivity contribution < 1.29 is 13.2 Å². The van der Waals surface area contributed by atoms with Crippen molar-refractivity contribution in [2.24, 2.45) is 0 Å². The van der Waals surface area contributed by atoms with Gasteiger partial charge in [-0.1, -0.05) is 17.7 Å². The Morgan fingerprint density at radius 2 is 2.10 bits per heavy atom. The van der Waals surface area contributed by atoms with Gasteiger partial charge in [0, 0.05) is 17.5 Å². The van der Waals surface area contributed by atoms with Crippen molar-refractivity contribution in [1.82, 2.24) is 9.97 Å². The number of hydrogen-bond acceptors (Lipinski definition) is 4.